The second-order valence-electron chi connectivity index (χ2n) is 5.08. The molecule has 3 heterocycles. The van der Waals surface area contributed by atoms with Gasteiger partial charge in [0.1, 0.15) is 16.0 Å². The first-order valence-electron chi connectivity index (χ1n) is 6.69. The van der Waals surface area contributed by atoms with Crippen LogP contribution in [-0.2, 0) is 4.74 Å². The molecule has 1 aromatic carbocycles. The summed E-state index contributed by atoms with van der Waals surface area (Å²) < 4.78 is 16.4. The van der Waals surface area contributed by atoms with E-state index in [0.29, 0.717) is 33.0 Å². The van der Waals surface area contributed by atoms with Crippen molar-refractivity contribution in [3.05, 3.63) is 51.3 Å². The van der Waals surface area contributed by atoms with Crippen molar-refractivity contribution >= 4 is 30.0 Å². The zero-order chi connectivity index (χ0) is 15.3. The van der Waals surface area contributed by atoms with Gasteiger partial charge in [-0.05, 0) is 36.8 Å². The summed E-state index contributed by atoms with van der Waals surface area (Å²) in [7, 11) is 0. The third-order valence-electron chi connectivity index (χ3n) is 3.53. The number of H-pyrrole nitrogens is 1. The van der Waals surface area contributed by atoms with E-state index in [4.69, 9.17) is 26.4 Å². The molecule has 0 unspecified atom stereocenters. The van der Waals surface area contributed by atoms with Gasteiger partial charge in [-0.1, -0.05) is 18.3 Å². The van der Waals surface area contributed by atoms with Crippen LogP contribution in [0, 0.1) is 11.6 Å². The van der Waals surface area contributed by atoms with Crippen LogP contribution in [0.25, 0.3) is 11.8 Å². The first-order valence-corrected chi connectivity index (χ1v) is 7.10. The Hall–Kier alpha value is -2.60. The fraction of sp³-hybridized carbons (Fsp3) is 0.125. The van der Waals surface area contributed by atoms with Crippen LogP contribution in [0.1, 0.15) is 27.2 Å². The molecule has 0 spiro atoms. The lowest BCUT2D eigenvalue weighted by molar-refractivity contribution is 0.0716. The summed E-state index contributed by atoms with van der Waals surface area (Å²) in [6.45, 7) is 2.11. The first-order chi connectivity index (χ1) is 10.6. The molecule has 0 fully saturated rings. The number of carbonyl (C=O) groups is 1. The van der Waals surface area contributed by atoms with Gasteiger partial charge >= 0.3 is 5.97 Å². The van der Waals surface area contributed by atoms with Crippen LogP contribution in [0.5, 0.6) is 11.5 Å². The summed E-state index contributed by atoms with van der Waals surface area (Å²) in [4.78, 5) is 15.0. The van der Waals surface area contributed by atoms with Crippen molar-refractivity contribution in [2.24, 2.45) is 0 Å². The molecular weight excluding hydrogens is 302 g/mol. The number of nitrogens with one attached hydrogen (secondary N) is 1. The van der Waals surface area contributed by atoms with Gasteiger partial charge in [-0.25, -0.2) is 4.79 Å². The molecule has 6 heteroatoms. The monoisotopic (exact) mass is 313 g/mol. The number of carbonyl (C=O) groups excluding carboxylic acids is 1. The maximum absolute atomic E-state index is 12.0. The molecule has 22 heavy (non-hydrogen) atoms. The van der Waals surface area contributed by atoms with Crippen molar-refractivity contribution in [2.45, 2.75) is 6.92 Å². The van der Waals surface area contributed by atoms with Crippen molar-refractivity contribution in [3.8, 4) is 11.5 Å². The molecule has 0 saturated heterocycles. The van der Waals surface area contributed by atoms with Crippen LogP contribution in [0.15, 0.2) is 24.3 Å². The smallest absolute Gasteiger partial charge is 0.347 e. The topological polar surface area (TPSA) is 60.6 Å². The molecule has 0 bridgehead atoms. The fourth-order valence-electron chi connectivity index (χ4n) is 2.55. The van der Waals surface area contributed by atoms with E-state index in [1.54, 1.807) is 6.08 Å². The molecule has 2 aromatic rings. The average molecular weight is 313 g/mol. The molecule has 2 aliphatic rings. The van der Waals surface area contributed by atoms with Gasteiger partial charge in [0.05, 0.1) is 0 Å². The van der Waals surface area contributed by atoms with Crippen LogP contribution in [0.2, 0.25) is 0 Å². The molecule has 0 radical (unpaired) electrons. The first kappa shape index (κ1) is 13.1. The average Bonchev–Trinajstić information content (AvgIpc) is 3.03. The van der Waals surface area contributed by atoms with Gasteiger partial charge in [0.15, 0.2) is 11.5 Å². The SMILES string of the molecule is Cc1cc2c(c(=S)[nH]1)C(=O)O/C2=C/c1ccc2c(c1)OCO2. The largest absolute Gasteiger partial charge is 0.454 e. The third-order valence-corrected chi connectivity index (χ3v) is 3.84. The molecule has 0 saturated carbocycles. The molecule has 0 atom stereocenters. The van der Waals surface area contributed by atoms with Crippen molar-refractivity contribution < 1.29 is 19.0 Å². The maximum Gasteiger partial charge on any atom is 0.347 e. The molecule has 1 aromatic heterocycles. The lowest BCUT2D eigenvalue weighted by Gasteiger charge is -2.02. The quantitative estimate of drug-likeness (QED) is 0.645. The molecule has 0 amide bonds. The molecule has 2 aliphatic heterocycles. The van der Waals surface area contributed by atoms with Crippen LogP contribution in [0.3, 0.4) is 0 Å². The van der Waals surface area contributed by atoms with Crippen molar-refractivity contribution in [3.63, 3.8) is 0 Å². The van der Waals surface area contributed by atoms with Crippen molar-refractivity contribution in [1.29, 1.82) is 0 Å². The van der Waals surface area contributed by atoms with Gasteiger partial charge in [0.25, 0.3) is 0 Å². The van der Waals surface area contributed by atoms with Gasteiger partial charge in [0.2, 0.25) is 6.79 Å². The Morgan fingerprint density at radius 3 is 2.91 bits per heavy atom. The minimum Gasteiger partial charge on any atom is -0.454 e. The van der Waals surface area contributed by atoms with E-state index >= 15 is 0 Å². The van der Waals surface area contributed by atoms with E-state index < -0.39 is 5.97 Å². The third kappa shape index (κ3) is 2.00. The number of benzene rings is 1. The minimum atomic E-state index is -0.428. The number of aromatic amines is 1. The summed E-state index contributed by atoms with van der Waals surface area (Å²) in [5, 5.41) is 0. The highest BCUT2D eigenvalue weighted by atomic mass is 32.1. The zero-order valence-corrected chi connectivity index (χ0v) is 12.5. The zero-order valence-electron chi connectivity index (χ0n) is 11.6. The van der Waals surface area contributed by atoms with E-state index in [1.165, 1.54) is 0 Å². The Balaban J connectivity index is 1.82. The molecular formula is C16H11NO4S. The summed E-state index contributed by atoms with van der Waals surface area (Å²) in [5.74, 6) is 1.45. The summed E-state index contributed by atoms with van der Waals surface area (Å²) in [5.41, 5.74) is 2.85. The van der Waals surface area contributed by atoms with Gasteiger partial charge < -0.3 is 19.2 Å². The lowest BCUT2D eigenvalue weighted by atomic mass is 10.1. The number of rotatable bonds is 1. The Bertz CT molecular complexity index is 898. The summed E-state index contributed by atoms with van der Waals surface area (Å²) >= 11 is 5.21. The Morgan fingerprint density at radius 2 is 2.05 bits per heavy atom. The van der Waals surface area contributed by atoms with E-state index in [9.17, 15) is 4.79 Å². The number of hydrogen-bond acceptors (Lipinski definition) is 5. The number of aromatic nitrogens is 1. The normalized spacial score (nSPS) is 16.8. The number of cyclic esters (lactones) is 1. The van der Waals surface area contributed by atoms with Crippen LogP contribution < -0.4 is 9.47 Å². The van der Waals surface area contributed by atoms with Crippen molar-refractivity contribution in [2.75, 3.05) is 6.79 Å². The van der Waals surface area contributed by atoms with E-state index in [0.717, 1.165) is 11.3 Å². The number of hydrogen-bond donors (Lipinski definition) is 1. The molecule has 1 N–H and O–H groups in total. The predicted octanol–water partition coefficient (Wildman–Crippen LogP) is 3.45. The van der Waals surface area contributed by atoms with Gasteiger partial charge in [-0.15, -0.1) is 0 Å². The highest BCUT2D eigenvalue weighted by Crippen LogP contribution is 2.36. The number of pyridine rings is 1. The second-order valence-corrected chi connectivity index (χ2v) is 5.49. The van der Waals surface area contributed by atoms with Crippen molar-refractivity contribution in [1.82, 2.24) is 4.98 Å². The van der Waals surface area contributed by atoms with Gasteiger partial charge in [-0.3, -0.25) is 0 Å². The summed E-state index contributed by atoms with van der Waals surface area (Å²) in [6.07, 6.45) is 1.79. The summed E-state index contributed by atoms with van der Waals surface area (Å²) in [6, 6.07) is 7.41. The van der Waals surface area contributed by atoms with E-state index in [2.05, 4.69) is 4.98 Å². The predicted molar refractivity (Wildman–Crippen MR) is 82.2 cm³/mol. The molecule has 0 aliphatic carbocycles. The van der Waals surface area contributed by atoms with Crippen LogP contribution in [0.4, 0.5) is 0 Å². The van der Waals surface area contributed by atoms with Gasteiger partial charge in [-0.2, -0.15) is 0 Å². The Morgan fingerprint density at radius 1 is 1.23 bits per heavy atom. The minimum absolute atomic E-state index is 0.224. The van der Waals surface area contributed by atoms with Crippen LogP contribution >= 0.6 is 12.2 Å². The molecule has 4 rings (SSSR count). The highest BCUT2D eigenvalue weighted by Gasteiger charge is 2.28. The van der Waals surface area contributed by atoms with Crippen LogP contribution in [-0.4, -0.2) is 17.7 Å². The maximum atomic E-state index is 12.0. The number of esters is 1. The highest BCUT2D eigenvalue weighted by molar-refractivity contribution is 7.71. The number of ether oxygens (including phenoxy) is 3. The van der Waals surface area contributed by atoms with E-state index in [1.807, 2.05) is 31.2 Å². The molecule has 110 valence electrons. The Labute approximate surface area is 131 Å². The standard InChI is InChI=1S/C16H11NO4S/c1-8-4-10-12(21-16(18)14(10)15(22)17-8)5-9-2-3-11-13(6-9)20-7-19-11/h2-6H,7H2,1H3,(H,17,22)/b12-5+. The number of fused-ring (bicyclic) bond motifs is 2. The van der Waals surface area contributed by atoms with Gasteiger partial charge in [0, 0.05) is 11.3 Å². The fourth-order valence-corrected chi connectivity index (χ4v) is 2.91. The second kappa shape index (κ2) is 4.71. The molecule has 5 nitrogen and oxygen atoms in total. The lowest BCUT2D eigenvalue weighted by Crippen LogP contribution is -1.97. The number of aryl methyl sites for hydroxylation is 1. The Kier molecular flexibility index (Phi) is 2.80. The van der Waals surface area contributed by atoms with E-state index in [-0.39, 0.29) is 6.79 Å².